The average molecular weight is 431 g/mol. The van der Waals surface area contributed by atoms with Crippen LogP contribution in [0, 0.1) is 6.92 Å². The molecule has 2 aliphatic heterocycles. The number of nitrogens with zero attached hydrogens (tertiary/aromatic N) is 1. The van der Waals surface area contributed by atoms with E-state index in [9.17, 15) is 13.2 Å². The van der Waals surface area contributed by atoms with Crippen molar-refractivity contribution in [3.63, 3.8) is 0 Å². The lowest BCUT2D eigenvalue weighted by Crippen LogP contribution is -2.52. The summed E-state index contributed by atoms with van der Waals surface area (Å²) in [6.45, 7) is 5.76. The third-order valence-electron chi connectivity index (χ3n) is 5.37. The van der Waals surface area contributed by atoms with Crippen molar-refractivity contribution in [1.82, 2.24) is 5.32 Å². The maximum absolute atomic E-state index is 13.1. The number of amides is 1. The van der Waals surface area contributed by atoms with Gasteiger partial charge in [0.15, 0.2) is 6.10 Å². The number of sulfonamides is 1. The molecule has 1 amide bonds. The first kappa shape index (κ1) is 20.5. The molecular weight excluding hydrogens is 404 g/mol. The van der Waals surface area contributed by atoms with Crippen LogP contribution >= 0.6 is 0 Å². The van der Waals surface area contributed by atoms with Crippen LogP contribution in [0.4, 0.5) is 5.69 Å². The van der Waals surface area contributed by atoms with Gasteiger partial charge in [-0.3, -0.25) is 9.10 Å². The Labute approximate surface area is 177 Å². The van der Waals surface area contributed by atoms with Gasteiger partial charge in [0.1, 0.15) is 17.1 Å². The van der Waals surface area contributed by atoms with Gasteiger partial charge in [0.25, 0.3) is 5.91 Å². The largest absolute Gasteiger partial charge is 0.487 e. The summed E-state index contributed by atoms with van der Waals surface area (Å²) >= 11 is 0. The predicted octanol–water partition coefficient (Wildman–Crippen LogP) is 2.94. The molecule has 2 aromatic carbocycles. The molecule has 0 aromatic heterocycles. The Morgan fingerprint density at radius 2 is 1.90 bits per heavy atom. The van der Waals surface area contributed by atoms with Gasteiger partial charge >= 0.3 is 0 Å². The van der Waals surface area contributed by atoms with Crippen LogP contribution in [0.1, 0.15) is 37.4 Å². The molecule has 0 bridgehead atoms. The molecule has 4 rings (SSSR count). The fraction of sp³-hybridized carbons (Fsp3) is 0.409. The van der Waals surface area contributed by atoms with E-state index in [-0.39, 0.29) is 18.5 Å². The fourth-order valence-corrected chi connectivity index (χ4v) is 4.91. The van der Waals surface area contributed by atoms with Crippen LogP contribution in [-0.2, 0) is 14.8 Å². The second kappa shape index (κ2) is 7.19. The minimum Gasteiger partial charge on any atom is -0.487 e. The molecule has 2 aliphatic rings. The quantitative estimate of drug-likeness (QED) is 0.809. The molecular formula is C22H26N2O5S. The molecule has 160 valence electrons. The van der Waals surface area contributed by atoms with Crippen LogP contribution in [0.2, 0.25) is 0 Å². The van der Waals surface area contributed by atoms with E-state index in [1.165, 1.54) is 4.31 Å². The first-order valence-corrected chi connectivity index (χ1v) is 11.7. The number of benzene rings is 2. The molecule has 0 radical (unpaired) electrons. The molecule has 1 N–H and O–H groups in total. The number of para-hydroxylation sites is 1. The number of ether oxygens (including phenoxy) is 2. The number of carbonyl (C=O) groups excluding carboxylic acids is 1. The summed E-state index contributed by atoms with van der Waals surface area (Å²) in [5.41, 5.74) is 1.83. The summed E-state index contributed by atoms with van der Waals surface area (Å²) in [7, 11) is -3.57. The standard InChI is InChI=1S/C22H26N2O5S/c1-14-9-10-19-17(11-14)24(30(4,26)27)13-20(28-19)21(25)23-16-12-22(2,3)29-18-8-6-5-7-15(16)18/h5-11,16,20H,12-13H2,1-4H3,(H,23,25)/t16-,20+/m1/s1. The summed E-state index contributed by atoms with van der Waals surface area (Å²) in [6.07, 6.45) is 0.776. The normalized spacial score (nSPS) is 22.2. The van der Waals surface area contributed by atoms with E-state index in [0.717, 1.165) is 23.1 Å². The number of rotatable bonds is 3. The van der Waals surface area contributed by atoms with Crippen LogP contribution in [0.15, 0.2) is 42.5 Å². The molecule has 7 nitrogen and oxygen atoms in total. The number of aryl methyl sites for hydroxylation is 1. The van der Waals surface area contributed by atoms with Crippen LogP contribution in [0.5, 0.6) is 11.5 Å². The maximum Gasteiger partial charge on any atom is 0.263 e. The van der Waals surface area contributed by atoms with Crippen LogP contribution in [0.3, 0.4) is 0 Å². The van der Waals surface area contributed by atoms with Gasteiger partial charge < -0.3 is 14.8 Å². The molecule has 2 atom stereocenters. The monoisotopic (exact) mass is 430 g/mol. The summed E-state index contributed by atoms with van der Waals surface area (Å²) in [5, 5.41) is 3.05. The Morgan fingerprint density at radius 1 is 1.17 bits per heavy atom. The van der Waals surface area contributed by atoms with E-state index in [2.05, 4.69) is 5.32 Å². The molecule has 0 fully saturated rings. The van der Waals surface area contributed by atoms with Crippen molar-refractivity contribution >= 4 is 21.6 Å². The smallest absolute Gasteiger partial charge is 0.263 e. The van der Waals surface area contributed by atoms with Crippen LogP contribution in [-0.4, -0.2) is 38.8 Å². The molecule has 0 saturated heterocycles. The lowest BCUT2D eigenvalue weighted by Gasteiger charge is -2.39. The molecule has 0 unspecified atom stereocenters. The molecule has 8 heteroatoms. The number of fused-ring (bicyclic) bond motifs is 2. The Kier molecular flexibility index (Phi) is 4.92. The van der Waals surface area contributed by atoms with Crippen molar-refractivity contribution in [2.75, 3.05) is 17.1 Å². The van der Waals surface area contributed by atoms with E-state index >= 15 is 0 Å². The first-order valence-electron chi connectivity index (χ1n) is 9.87. The fourth-order valence-electron chi connectivity index (χ4n) is 4.01. The van der Waals surface area contributed by atoms with E-state index in [0.29, 0.717) is 17.9 Å². The van der Waals surface area contributed by atoms with Gasteiger partial charge in [-0.25, -0.2) is 8.42 Å². The van der Waals surface area contributed by atoms with Crippen LogP contribution < -0.4 is 19.1 Å². The number of nitrogens with one attached hydrogen (secondary N) is 1. The summed E-state index contributed by atoms with van der Waals surface area (Å²) < 4.78 is 38.0. The van der Waals surface area contributed by atoms with Crippen molar-refractivity contribution < 1.29 is 22.7 Å². The lowest BCUT2D eigenvalue weighted by molar-refractivity contribution is -0.129. The first-order chi connectivity index (χ1) is 14.0. The SMILES string of the molecule is Cc1ccc2c(c1)N(S(C)(=O)=O)C[C@@H](C(=O)N[C@@H]1CC(C)(C)Oc3ccccc31)O2. The molecule has 0 spiro atoms. The second-order valence-electron chi connectivity index (χ2n) is 8.54. The van der Waals surface area contributed by atoms with E-state index in [1.807, 2.05) is 51.1 Å². The Morgan fingerprint density at radius 3 is 2.63 bits per heavy atom. The zero-order chi connectivity index (χ0) is 21.7. The highest BCUT2D eigenvalue weighted by Crippen LogP contribution is 2.40. The molecule has 0 aliphatic carbocycles. The maximum atomic E-state index is 13.1. The highest BCUT2D eigenvalue weighted by Gasteiger charge is 2.39. The predicted molar refractivity (Wildman–Crippen MR) is 114 cm³/mol. The van der Waals surface area contributed by atoms with E-state index in [1.54, 1.807) is 12.1 Å². The van der Waals surface area contributed by atoms with Crippen molar-refractivity contribution in [2.45, 2.75) is 44.9 Å². The minimum atomic E-state index is -3.57. The van der Waals surface area contributed by atoms with Gasteiger partial charge in [0.2, 0.25) is 10.0 Å². The van der Waals surface area contributed by atoms with Gasteiger partial charge in [-0.1, -0.05) is 24.3 Å². The van der Waals surface area contributed by atoms with Crippen molar-refractivity contribution in [1.29, 1.82) is 0 Å². The van der Waals surface area contributed by atoms with Crippen molar-refractivity contribution in [2.24, 2.45) is 0 Å². The van der Waals surface area contributed by atoms with Crippen molar-refractivity contribution in [3.05, 3.63) is 53.6 Å². The minimum absolute atomic E-state index is 0.0740. The molecule has 0 saturated carbocycles. The second-order valence-corrected chi connectivity index (χ2v) is 10.4. The van der Waals surface area contributed by atoms with Crippen LogP contribution in [0.25, 0.3) is 0 Å². The topological polar surface area (TPSA) is 84.9 Å². The van der Waals surface area contributed by atoms with Gasteiger partial charge in [-0.15, -0.1) is 0 Å². The number of hydrogen-bond acceptors (Lipinski definition) is 5. The molecule has 30 heavy (non-hydrogen) atoms. The third kappa shape index (κ3) is 3.96. The number of hydrogen-bond donors (Lipinski definition) is 1. The summed E-state index contributed by atoms with van der Waals surface area (Å²) in [5.74, 6) is 0.764. The van der Waals surface area contributed by atoms with Crippen molar-refractivity contribution in [3.8, 4) is 11.5 Å². The third-order valence-corrected chi connectivity index (χ3v) is 6.52. The average Bonchev–Trinajstić information content (AvgIpc) is 2.65. The van der Waals surface area contributed by atoms with E-state index in [4.69, 9.17) is 9.47 Å². The zero-order valence-electron chi connectivity index (χ0n) is 17.5. The van der Waals surface area contributed by atoms with E-state index < -0.39 is 21.7 Å². The highest BCUT2D eigenvalue weighted by atomic mass is 32.2. The Balaban J connectivity index is 1.61. The Bertz CT molecular complexity index is 1100. The summed E-state index contributed by atoms with van der Waals surface area (Å²) in [6, 6.07) is 12.6. The number of carbonyl (C=O) groups is 1. The Hall–Kier alpha value is -2.74. The zero-order valence-corrected chi connectivity index (χ0v) is 18.3. The molecule has 2 aromatic rings. The van der Waals surface area contributed by atoms with Gasteiger partial charge in [0, 0.05) is 12.0 Å². The summed E-state index contributed by atoms with van der Waals surface area (Å²) in [4.78, 5) is 13.1. The number of anilines is 1. The van der Waals surface area contributed by atoms with Gasteiger partial charge in [-0.2, -0.15) is 0 Å². The van der Waals surface area contributed by atoms with Gasteiger partial charge in [-0.05, 0) is 44.5 Å². The lowest BCUT2D eigenvalue weighted by atomic mass is 9.89. The highest BCUT2D eigenvalue weighted by molar-refractivity contribution is 7.92. The van der Waals surface area contributed by atoms with Gasteiger partial charge in [0.05, 0.1) is 24.5 Å². The molecule has 2 heterocycles.